The van der Waals surface area contributed by atoms with E-state index in [9.17, 15) is 0 Å². The molecule has 0 saturated carbocycles. The van der Waals surface area contributed by atoms with Crippen LogP contribution in [0.5, 0.6) is 0 Å². The highest BCUT2D eigenvalue weighted by atomic mass is 32.2. The molecular weight excluding hydrogens is 1840 g/mol. The molecule has 0 saturated heterocycles. The van der Waals surface area contributed by atoms with Gasteiger partial charge in [0.05, 0.1) is 76.6 Å². The van der Waals surface area contributed by atoms with Crippen molar-refractivity contribution in [1.82, 2.24) is 38.6 Å². The van der Waals surface area contributed by atoms with E-state index in [0.717, 1.165) is 307 Å². The van der Waals surface area contributed by atoms with E-state index in [0.29, 0.717) is 11.8 Å². The Balaban J connectivity index is 0.0000000969. The summed E-state index contributed by atoms with van der Waals surface area (Å²) in [7, 11) is 0. The van der Waals surface area contributed by atoms with Crippen molar-refractivity contribution in [3.8, 4) is 62.6 Å². The minimum absolute atomic E-state index is 0.615. The van der Waals surface area contributed by atoms with Crippen molar-refractivity contribution in [2.45, 2.75) is 9.79 Å². The number of aromatic nitrogens is 8. The molecule has 0 fully saturated rings. The van der Waals surface area contributed by atoms with Gasteiger partial charge < -0.3 is 26.5 Å². The molecular formula is C133H72N8O6S. The fourth-order valence-electron chi connectivity index (χ4n) is 24.5. The van der Waals surface area contributed by atoms with Gasteiger partial charge in [0.2, 0.25) is 5.95 Å². The highest BCUT2D eigenvalue weighted by Gasteiger charge is 2.35. The Kier molecular flexibility index (Phi) is 16.9. The Morgan fingerprint density at radius 1 is 0.203 bits per heavy atom. The fraction of sp³-hybridized carbons (Fsp3) is 0. The minimum atomic E-state index is 0.615. The fourth-order valence-corrected chi connectivity index (χ4v) is 25.7. The normalized spacial score (nSPS) is 12.4. The molecule has 15 heteroatoms. The average Bonchev–Trinajstić information content (AvgIpc) is 1.53. The smallest absolute Gasteiger partial charge is 0.235 e. The van der Waals surface area contributed by atoms with E-state index in [1.165, 1.54) is 15.7 Å². The highest BCUT2D eigenvalue weighted by molar-refractivity contribution is 8.00. The lowest BCUT2D eigenvalue weighted by Gasteiger charge is -2.23. The van der Waals surface area contributed by atoms with Crippen LogP contribution in [0, 0.1) is 0 Å². The van der Waals surface area contributed by atoms with Crippen LogP contribution in [0.2, 0.25) is 0 Å². The number of nitrogens with zero attached hydrogens (tertiary/aromatic N) is 8. The van der Waals surface area contributed by atoms with Crippen LogP contribution in [0.1, 0.15) is 0 Å². The molecule has 14 nitrogen and oxygen atoms in total. The van der Waals surface area contributed by atoms with E-state index >= 15 is 0 Å². The van der Waals surface area contributed by atoms with Crippen molar-refractivity contribution >= 4 is 274 Å². The predicted molar refractivity (Wildman–Crippen MR) is 606 cm³/mol. The van der Waals surface area contributed by atoms with Crippen molar-refractivity contribution in [3.63, 3.8) is 0 Å². The third-order valence-corrected chi connectivity index (χ3v) is 31.7. The van der Waals surface area contributed by atoms with Gasteiger partial charge in [0.1, 0.15) is 78.6 Å². The Morgan fingerprint density at radius 2 is 0.568 bits per heavy atom. The van der Waals surface area contributed by atoms with Crippen LogP contribution >= 0.6 is 11.8 Å². The van der Waals surface area contributed by atoms with E-state index in [4.69, 9.17) is 51.4 Å². The highest BCUT2D eigenvalue weighted by Crippen LogP contribution is 2.57. The maximum atomic E-state index is 6.94. The van der Waals surface area contributed by atoms with Gasteiger partial charge in [-0.3, -0.25) is 13.7 Å². The summed E-state index contributed by atoms with van der Waals surface area (Å²) in [5.74, 6) is 2.99. The second-order valence-electron chi connectivity index (χ2n) is 38.4. The standard InChI is InChI=1S/C48H25N3O2S.C43H24N2O2.C42H23N3O2/c1-2-12-27(13-3-1)43-47-44(31-19-10-14-26-15-11-23-37(54-47)38(26)31)50-48(49-43)51-33-20-7-4-16-28(33)42-45(51)32-24-25-36-39(29-17-5-8-21-34(29)52-36)40(32)41-30-18-6-9-22-35(30)53-46(41)42;1-2-12-25(13-3-1)31-24-37(44-32-18-8-4-14-26(31)32)45-33-19-9-5-15-27(33)41-42(45)30-22-23-36-38(28-16-6-10-20-34(28)46-36)39(30)40-29-17-7-11-21-35(29)47-43(40)41;1-2-12-24(13-3-1)41-43-30-18-8-4-14-25(30)42(44-41)45-31-19-9-5-15-26(31)38-39(45)29-22-23-34-35(27-16-6-10-20-32(27)46-34)36(29)37-28-17-7-11-21-33(28)47-40(37)38/h1-25H;1-24H;1-23H. The molecule has 0 aliphatic carbocycles. The molecule has 1 aliphatic rings. The summed E-state index contributed by atoms with van der Waals surface area (Å²) >= 11 is 1.76. The van der Waals surface area contributed by atoms with E-state index in [2.05, 4.69) is 372 Å². The molecule has 0 spiro atoms. The first-order valence-electron chi connectivity index (χ1n) is 49.7. The van der Waals surface area contributed by atoms with Crippen LogP contribution in [0.4, 0.5) is 0 Å². The molecule has 0 radical (unpaired) electrons. The second kappa shape index (κ2) is 30.9. The molecule has 0 atom stereocenters. The maximum Gasteiger partial charge on any atom is 0.235 e. The Labute approximate surface area is 842 Å². The molecule has 0 bridgehead atoms. The summed E-state index contributed by atoms with van der Waals surface area (Å²) in [6, 6.07) is 152. The van der Waals surface area contributed by atoms with Gasteiger partial charge in [0, 0.05) is 151 Å². The van der Waals surface area contributed by atoms with Crippen molar-refractivity contribution in [2.24, 2.45) is 0 Å². The number of furan rings is 6. The van der Waals surface area contributed by atoms with Crippen LogP contribution in [-0.2, 0) is 0 Å². The van der Waals surface area contributed by atoms with Gasteiger partial charge in [-0.1, -0.05) is 327 Å². The van der Waals surface area contributed by atoms with Gasteiger partial charge in [0.25, 0.3) is 0 Å². The molecule has 22 aromatic carbocycles. The number of pyridine rings is 1. The lowest BCUT2D eigenvalue weighted by atomic mass is 9.95. The quantitative estimate of drug-likeness (QED) is 0.155. The number of hydrogen-bond donors (Lipinski definition) is 0. The van der Waals surface area contributed by atoms with Crippen molar-refractivity contribution < 1.29 is 26.5 Å². The lowest BCUT2D eigenvalue weighted by Crippen LogP contribution is -2.08. The molecule has 148 heavy (non-hydrogen) atoms. The first-order chi connectivity index (χ1) is 73.5. The Bertz CT molecular complexity index is 11800. The van der Waals surface area contributed by atoms with Crippen molar-refractivity contribution in [2.75, 3.05) is 0 Å². The summed E-state index contributed by atoms with van der Waals surface area (Å²) in [4.78, 5) is 29.1. The SMILES string of the molecule is c1ccc(-c2cc(-n3c4ccccc4c4c5oc6ccccc6c5c5c(ccc6oc7ccccc7c65)c43)nc3ccccc23)cc1.c1ccc(-c2nc(-n3c4ccccc4c4c5oc6ccccc6c5c5c(ccc6oc7ccccc7c65)c43)c3ccccc3n2)cc1.c1ccc(-c2nc(-n3c4ccccc4c4c5oc6ccccc6c5c5c(ccc6oc7ccccc7c65)c43)nc3c2Sc2cccc4cccc-3c24)cc1. The third-order valence-electron chi connectivity index (χ3n) is 30.5. The predicted octanol–water partition coefficient (Wildman–Crippen LogP) is 36.8. The van der Waals surface area contributed by atoms with Crippen LogP contribution in [-0.4, -0.2) is 38.6 Å². The summed E-state index contributed by atoms with van der Waals surface area (Å²) in [5, 5.41) is 30.8. The third kappa shape index (κ3) is 11.4. The largest absolute Gasteiger partial charge is 0.456 e. The first kappa shape index (κ1) is 80.9. The molecule has 12 aromatic heterocycles. The van der Waals surface area contributed by atoms with Gasteiger partial charge >= 0.3 is 0 Å². The summed E-state index contributed by atoms with van der Waals surface area (Å²) in [5.41, 5.74) is 25.7. The zero-order valence-corrected chi connectivity index (χ0v) is 79.3. The molecule has 686 valence electrons. The van der Waals surface area contributed by atoms with Crippen LogP contribution in [0.25, 0.3) is 325 Å². The first-order valence-corrected chi connectivity index (χ1v) is 50.6. The Hall–Kier alpha value is -19.7. The minimum Gasteiger partial charge on any atom is -0.456 e. The molecule has 0 N–H and O–H groups in total. The van der Waals surface area contributed by atoms with Crippen LogP contribution < -0.4 is 0 Å². The van der Waals surface area contributed by atoms with E-state index in [1.54, 1.807) is 11.8 Å². The summed E-state index contributed by atoms with van der Waals surface area (Å²) < 4.78 is 47.0. The van der Waals surface area contributed by atoms with E-state index in [1.807, 2.05) is 78.9 Å². The van der Waals surface area contributed by atoms with Gasteiger partial charge in [0.15, 0.2) is 5.82 Å². The zero-order valence-electron chi connectivity index (χ0n) is 78.5. The van der Waals surface area contributed by atoms with Gasteiger partial charge in [-0.2, -0.15) is 0 Å². The molecule has 0 amide bonds. The van der Waals surface area contributed by atoms with Crippen molar-refractivity contribution in [1.29, 1.82) is 0 Å². The second-order valence-corrected chi connectivity index (χ2v) is 39.4. The molecule has 13 heterocycles. The number of hydrogen-bond acceptors (Lipinski definition) is 12. The summed E-state index contributed by atoms with van der Waals surface area (Å²) in [6.45, 7) is 0. The monoisotopic (exact) mass is 1910 g/mol. The van der Waals surface area contributed by atoms with Gasteiger partial charge in [-0.15, -0.1) is 0 Å². The topological polar surface area (TPSA) is 158 Å². The average molecular weight is 1910 g/mol. The van der Waals surface area contributed by atoms with Crippen molar-refractivity contribution in [3.05, 3.63) is 437 Å². The number of para-hydroxylation sites is 11. The maximum absolute atomic E-state index is 6.94. The Morgan fingerprint density at radius 3 is 1.05 bits per heavy atom. The number of fused-ring (bicyclic) bond motifs is 46. The lowest BCUT2D eigenvalue weighted by molar-refractivity contribution is 0.669. The molecule has 34 aromatic rings. The molecule has 35 rings (SSSR count). The van der Waals surface area contributed by atoms with E-state index < -0.39 is 0 Å². The van der Waals surface area contributed by atoms with Crippen LogP contribution in [0.3, 0.4) is 0 Å². The molecule has 1 aliphatic heterocycles. The molecule has 0 unspecified atom stereocenters. The summed E-state index contributed by atoms with van der Waals surface area (Å²) in [6.07, 6.45) is 0. The van der Waals surface area contributed by atoms with Gasteiger partial charge in [-0.05, 0) is 138 Å². The number of benzene rings is 22. The number of rotatable bonds is 6. The van der Waals surface area contributed by atoms with Gasteiger partial charge in [-0.25, -0.2) is 24.9 Å². The van der Waals surface area contributed by atoms with E-state index in [-0.39, 0.29) is 0 Å². The van der Waals surface area contributed by atoms with Crippen LogP contribution in [0.15, 0.2) is 473 Å². The zero-order chi connectivity index (χ0) is 96.3.